The normalized spacial score (nSPS) is 11.2. The van der Waals surface area contributed by atoms with Crippen LogP contribution in [0.4, 0.5) is 13.2 Å². The Balaban J connectivity index is -0.000000245. The molecule has 0 heterocycles. The van der Waals surface area contributed by atoms with Crippen LogP contribution in [0.25, 0.3) is 0 Å². The summed E-state index contributed by atoms with van der Waals surface area (Å²) in [6, 6.07) is 0. The van der Waals surface area contributed by atoms with Crippen molar-refractivity contribution >= 4 is 58.5 Å². The summed E-state index contributed by atoms with van der Waals surface area (Å²) in [6.07, 6.45) is 0. The third kappa shape index (κ3) is 6.04. The quantitative estimate of drug-likeness (QED) is 0.300. The monoisotopic (exact) mass is 182 g/mol. The topological polar surface area (TPSA) is 54.4 Å². The van der Waals surface area contributed by atoms with Gasteiger partial charge in [-0.15, -0.1) is 0 Å². The molecule has 0 aliphatic heterocycles. The molecule has 0 radical (unpaired) electrons. The molecule has 0 aromatic rings. The van der Waals surface area contributed by atoms with E-state index in [-0.39, 0.29) is 48.4 Å². The van der Waals surface area contributed by atoms with Crippen molar-refractivity contribution in [2.45, 2.75) is 5.51 Å². The fraction of sp³-hybridized carbons (Fsp3) is 1.00. The molecule has 0 amide bonds. The minimum atomic E-state index is -5.84. The van der Waals surface area contributed by atoms with Gasteiger partial charge in [0.05, 0.1) is 0 Å². The molecule has 0 rings (SSSR count). The van der Waals surface area contributed by atoms with Gasteiger partial charge in [-0.2, -0.15) is 21.6 Å². The number of hydrogen-bond acceptors (Lipinski definition) is 2. The van der Waals surface area contributed by atoms with Gasteiger partial charge < -0.3 is 0 Å². The Bertz CT molecular complexity index is 173. The van der Waals surface area contributed by atoms with Crippen LogP contribution >= 0.6 is 0 Å². The summed E-state index contributed by atoms with van der Waals surface area (Å²) in [5.41, 5.74) is -5.53. The molecule has 0 aromatic heterocycles. The summed E-state index contributed by atoms with van der Waals surface area (Å²) in [7, 11) is -5.84. The van der Waals surface area contributed by atoms with E-state index < -0.39 is 15.6 Å². The predicted octanol–water partition coefficient (Wildman–Crippen LogP) is -0.903. The van der Waals surface area contributed by atoms with Gasteiger partial charge in [-0.25, -0.2) is 0 Å². The zero-order valence-corrected chi connectivity index (χ0v) is 4.12. The van der Waals surface area contributed by atoms with E-state index in [4.69, 9.17) is 13.0 Å². The molecule has 0 spiro atoms. The Morgan fingerprint density at radius 3 is 1.30 bits per heavy atom. The van der Waals surface area contributed by atoms with Gasteiger partial charge in [0.25, 0.3) is 0 Å². The molecule has 0 aromatic carbocycles. The summed E-state index contributed by atoms with van der Waals surface area (Å²) in [5, 5.41) is 0. The Morgan fingerprint density at radius 1 is 1.20 bits per heavy atom. The van der Waals surface area contributed by atoms with Crippen molar-refractivity contribution in [1.29, 1.82) is 0 Å². The summed E-state index contributed by atoms with van der Waals surface area (Å²) >= 11 is 0. The molecule has 0 fully saturated rings. The molecule has 10 heavy (non-hydrogen) atoms. The van der Waals surface area contributed by atoms with Gasteiger partial charge in [0, 0.05) is 0 Å². The number of hydrogen-bond donors (Lipinski definition) is 1. The van der Waals surface area contributed by atoms with Gasteiger partial charge in [0.1, 0.15) is 0 Å². The standard InChI is InChI=1S/CHF3O3S.Li.Na.2H/c2-1(3,4)8(5,6)7;;;;/h(H,5,6,7);;;;. The molecule has 0 atom stereocenters. The molecule has 0 aliphatic rings. The molecule has 0 aliphatic carbocycles. The van der Waals surface area contributed by atoms with Crippen LogP contribution in [0.5, 0.6) is 0 Å². The molecule has 0 bridgehead atoms. The first kappa shape index (κ1) is 17.4. The van der Waals surface area contributed by atoms with E-state index in [1.165, 1.54) is 0 Å². The van der Waals surface area contributed by atoms with Crippen LogP contribution in [-0.2, 0) is 10.1 Å². The van der Waals surface area contributed by atoms with Crippen LogP contribution in [0, 0.1) is 0 Å². The van der Waals surface area contributed by atoms with E-state index in [9.17, 15) is 13.2 Å². The Labute approximate surface area is 89.6 Å². The molecule has 0 unspecified atom stereocenters. The maximum absolute atomic E-state index is 10.7. The van der Waals surface area contributed by atoms with Crippen molar-refractivity contribution in [3.05, 3.63) is 0 Å². The predicted molar refractivity (Wildman–Crippen MR) is 31.9 cm³/mol. The first-order chi connectivity index (χ1) is 3.25. The van der Waals surface area contributed by atoms with Gasteiger partial charge >= 0.3 is 64.0 Å². The fourth-order valence-corrected chi connectivity index (χ4v) is 0. The van der Waals surface area contributed by atoms with Gasteiger partial charge in [-0.1, -0.05) is 0 Å². The Hall–Kier alpha value is 1.30. The van der Waals surface area contributed by atoms with Crippen LogP contribution in [0.3, 0.4) is 0 Å². The van der Waals surface area contributed by atoms with Gasteiger partial charge in [-0.05, 0) is 0 Å². The molecule has 9 heteroatoms. The van der Waals surface area contributed by atoms with Crippen LogP contribution in [0.15, 0.2) is 0 Å². The molecular formula is CH3F3LiNaO3S. The number of alkyl halides is 3. The molecule has 54 valence electrons. The van der Waals surface area contributed by atoms with Crippen molar-refractivity contribution in [1.82, 2.24) is 0 Å². The van der Waals surface area contributed by atoms with E-state index in [2.05, 4.69) is 0 Å². The number of rotatable bonds is 0. The number of halogens is 3. The van der Waals surface area contributed by atoms with E-state index in [0.717, 1.165) is 0 Å². The molecular weight excluding hydrogens is 179 g/mol. The molecule has 1 N–H and O–H groups in total. The Morgan fingerprint density at radius 2 is 1.30 bits per heavy atom. The van der Waals surface area contributed by atoms with Crippen molar-refractivity contribution < 1.29 is 26.1 Å². The average molecular weight is 182 g/mol. The van der Waals surface area contributed by atoms with Crippen LogP contribution in [0.2, 0.25) is 0 Å². The summed E-state index contributed by atoms with van der Waals surface area (Å²) in [5.74, 6) is 0. The maximum atomic E-state index is 10.7. The third-order valence-corrected chi connectivity index (χ3v) is 0.877. The second-order valence-electron chi connectivity index (χ2n) is 0.921. The zero-order valence-electron chi connectivity index (χ0n) is 3.31. The first-order valence-electron chi connectivity index (χ1n) is 1.29. The second kappa shape index (κ2) is 5.03. The van der Waals surface area contributed by atoms with E-state index in [1.807, 2.05) is 0 Å². The van der Waals surface area contributed by atoms with E-state index in [1.54, 1.807) is 0 Å². The van der Waals surface area contributed by atoms with Crippen molar-refractivity contribution in [2.75, 3.05) is 0 Å². The van der Waals surface area contributed by atoms with Crippen molar-refractivity contribution in [3.8, 4) is 0 Å². The van der Waals surface area contributed by atoms with E-state index >= 15 is 0 Å². The van der Waals surface area contributed by atoms with Crippen LogP contribution < -0.4 is 0 Å². The second-order valence-corrected chi connectivity index (χ2v) is 2.33. The first-order valence-corrected chi connectivity index (χ1v) is 2.73. The zero-order chi connectivity index (χ0) is 7.00. The third-order valence-electron chi connectivity index (χ3n) is 0.292. The summed E-state index contributed by atoms with van der Waals surface area (Å²) in [6.45, 7) is 0. The Kier molecular flexibility index (Phi) is 8.76. The van der Waals surface area contributed by atoms with Crippen molar-refractivity contribution in [3.63, 3.8) is 0 Å². The minimum absolute atomic E-state index is 0. The van der Waals surface area contributed by atoms with Gasteiger partial charge in [-0.3, -0.25) is 4.55 Å². The molecule has 0 saturated carbocycles. The molecule has 3 nitrogen and oxygen atoms in total. The summed E-state index contributed by atoms with van der Waals surface area (Å²) < 4.78 is 57.5. The fourth-order valence-electron chi connectivity index (χ4n) is 0. The average Bonchev–Trinajstić information content (AvgIpc) is 1.25. The van der Waals surface area contributed by atoms with E-state index in [0.29, 0.717) is 0 Å². The van der Waals surface area contributed by atoms with Gasteiger partial charge in [0.15, 0.2) is 0 Å². The molecule has 0 saturated heterocycles. The van der Waals surface area contributed by atoms with Crippen LogP contribution in [-0.4, -0.2) is 66.9 Å². The van der Waals surface area contributed by atoms with Crippen LogP contribution in [0.1, 0.15) is 0 Å². The van der Waals surface area contributed by atoms with Gasteiger partial charge in [0.2, 0.25) is 0 Å². The SMILES string of the molecule is O=S(=O)(O)C(F)(F)F.[LiH].[NaH]. The van der Waals surface area contributed by atoms with Crippen molar-refractivity contribution in [2.24, 2.45) is 0 Å². The summed E-state index contributed by atoms with van der Waals surface area (Å²) in [4.78, 5) is 0.